The van der Waals surface area contributed by atoms with Crippen molar-refractivity contribution in [2.24, 2.45) is 11.8 Å². The lowest BCUT2D eigenvalue weighted by Gasteiger charge is -2.28. The first kappa shape index (κ1) is 47.0. The molecular formula is C44H59ClN18O6. The average Bonchev–Trinajstić information content (AvgIpc) is 4.25. The van der Waals surface area contributed by atoms with E-state index < -0.39 is 0 Å². The highest BCUT2D eigenvalue weighted by atomic mass is 35.5. The van der Waals surface area contributed by atoms with Crippen molar-refractivity contribution >= 4 is 63.4 Å². The molecule has 25 heteroatoms. The smallest absolute Gasteiger partial charge is 0.219 e. The maximum atomic E-state index is 6.53. The molecule has 0 amide bonds. The lowest BCUT2D eigenvalue weighted by atomic mass is 10.1. The van der Waals surface area contributed by atoms with Gasteiger partial charge in [0.1, 0.15) is 0 Å². The second-order valence-corrected chi connectivity index (χ2v) is 17.7. The number of hydrogen-bond donors (Lipinski definition) is 3. The maximum Gasteiger partial charge on any atom is 0.219 e. The minimum atomic E-state index is 0.206. The van der Waals surface area contributed by atoms with Gasteiger partial charge < -0.3 is 59.9 Å². The number of halogens is 1. The molecule has 0 aliphatic carbocycles. The molecule has 6 aromatic heterocycles. The third kappa shape index (κ3) is 11.2. The summed E-state index contributed by atoms with van der Waals surface area (Å²) in [5.41, 5.74) is 15.8. The Kier molecular flexibility index (Phi) is 15.2. The second-order valence-electron chi connectivity index (χ2n) is 17.4. The number of rotatable bonds is 9. The van der Waals surface area contributed by atoms with Gasteiger partial charge in [-0.05, 0) is 24.4 Å². The molecule has 0 spiro atoms. The second kappa shape index (κ2) is 22.4. The predicted molar refractivity (Wildman–Crippen MR) is 257 cm³/mol. The molecule has 0 aromatic carbocycles. The van der Waals surface area contributed by atoms with Gasteiger partial charge in [0.15, 0.2) is 45.6 Å². The van der Waals surface area contributed by atoms with Crippen LogP contribution in [0.15, 0.2) is 24.8 Å². The Labute approximate surface area is 403 Å². The molecule has 6 aliphatic rings. The third-order valence-electron chi connectivity index (χ3n) is 12.6. The molecule has 2 unspecified atom stereocenters. The average molecular weight is 972 g/mol. The van der Waals surface area contributed by atoms with Gasteiger partial charge in [0.05, 0.1) is 77.2 Å². The van der Waals surface area contributed by atoms with Crippen molar-refractivity contribution in [3.63, 3.8) is 0 Å². The zero-order valence-electron chi connectivity index (χ0n) is 38.6. The van der Waals surface area contributed by atoms with Gasteiger partial charge in [-0.2, -0.15) is 0 Å². The number of nitrogens with one attached hydrogen (secondary N) is 1. The number of morpholine rings is 4. The number of anilines is 5. The fraction of sp³-hybridized carbons (Fsp3) is 0.591. The SMILES string of the molecule is C1COCCN1.Nc1ncc(-c2nc(N3CCOCC3)c3nc(Cl)n(CC4CCOC4)c3n2)cn1.Nc1ncc(-c2nc(N3CCOCC3)c3nc(N4CCOCC4)n(CC4CCOC4)c3n2)cn1. The van der Waals surface area contributed by atoms with Crippen molar-refractivity contribution in [1.82, 2.24) is 64.3 Å². The Morgan fingerprint density at radius 3 is 1.38 bits per heavy atom. The van der Waals surface area contributed by atoms with Gasteiger partial charge in [0.25, 0.3) is 0 Å². The normalized spacial score (nSPS) is 21.0. The van der Waals surface area contributed by atoms with E-state index in [1.807, 2.05) is 4.57 Å². The summed E-state index contributed by atoms with van der Waals surface area (Å²) in [5.74, 6) is 4.78. The van der Waals surface area contributed by atoms with Crippen LogP contribution in [0.25, 0.3) is 45.1 Å². The van der Waals surface area contributed by atoms with Crippen LogP contribution in [0.3, 0.4) is 0 Å². The summed E-state index contributed by atoms with van der Waals surface area (Å²) in [4.78, 5) is 52.4. The summed E-state index contributed by atoms with van der Waals surface area (Å²) >= 11 is 6.53. The van der Waals surface area contributed by atoms with Crippen LogP contribution in [-0.4, -0.2) is 191 Å². The Balaban J connectivity index is 0.000000144. The van der Waals surface area contributed by atoms with Crippen LogP contribution >= 0.6 is 11.6 Å². The van der Waals surface area contributed by atoms with E-state index in [0.717, 1.165) is 146 Å². The van der Waals surface area contributed by atoms with Gasteiger partial charge in [0.2, 0.25) is 23.1 Å². The van der Waals surface area contributed by atoms with E-state index in [1.165, 1.54) is 0 Å². The molecule has 0 bridgehead atoms. The third-order valence-corrected chi connectivity index (χ3v) is 12.9. The topological polar surface area (TPSA) is 268 Å². The first-order valence-corrected chi connectivity index (χ1v) is 24.1. The van der Waals surface area contributed by atoms with Crippen LogP contribution in [0.5, 0.6) is 0 Å². The fourth-order valence-corrected chi connectivity index (χ4v) is 9.15. The van der Waals surface area contributed by atoms with Crippen LogP contribution in [0.1, 0.15) is 12.8 Å². The molecule has 12 rings (SSSR count). The Morgan fingerprint density at radius 2 is 0.942 bits per heavy atom. The molecule has 0 radical (unpaired) electrons. The number of imidazole rings is 2. The Hall–Kier alpha value is -5.73. The van der Waals surface area contributed by atoms with E-state index in [2.05, 4.69) is 49.5 Å². The van der Waals surface area contributed by atoms with Gasteiger partial charge in [-0.1, -0.05) is 0 Å². The van der Waals surface area contributed by atoms with Gasteiger partial charge in [0, 0.05) is 115 Å². The predicted octanol–water partition coefficient (Wildman–Crippen LogP) is 1.57. The fourth-order valence-electron chi connectivity index (χ4n) is 8.91. The first-order valence-electron chi connectivity index (χ1n) is 23.7. The standard InChI is InChI=1S/C22H29N9O3.C18H21ClN8O2.C4H9NO/c23-21-24-11-16(12-25-21)18-27-19(29-2-7-32-8-3-29)17-20(28-18)31(13-15-1-6-34-14-15)22(26-17)30-4-9-33-10-5-30;19-17-23-13-15(26-2-5-28-6-3-26)24-14(12-7-21-18(20)22-8-12)25-16(13)27(17)9-11-1-4-29-10-11;1-3-6-4-2-5-1/h11-12,15H,1-10,13-14H2,(H2,23,24,25);7-8,11H,1-6,9-10H2,(H2,20,21,22);5H,1-4H2. The van der Waals surface area contributed by atoms with E-state index >= 15 is 0 Å². The maximum absolute atomic E-state index is 6.53. The molecule has 5 N–H and O–H groups in total. The van der Waals surface area contributed by atoms with Crippen LogP contribution in [0.2, 0.25) is 5.28 Å². The van der Waals surface area contributed by atoms with E-state index in [-0.39, 0.29) is 11.9 Å². The van der Waals surface area contributed by atoms with Crippen molar-refractivity contribution in [2.45, 2.75) is 25.9 Å². The minimum Gasteiger partial charge on any atom is -0.381 e. The summed E-state index contributed by atoms with van der Waals surface area (Å²) in [6.45, 7) is 16.9. The molecule has 12 heterocycles. The Bertz CT molecular complexity index is 2590. The van der Waals surface area contributed by atoms with Crippen molar-refractivity contribution in [1.29, 1.82) is 0 Å². The molecule has 69 heavy (non-hydrogen) atoms. The van der Waals surface area contributed by atoms with Crippen LogP contribution in [-0.2, 0) is 41.5 Å². The minimum absolute atomic E-state index is 0.206. The Morgan fingerprint density at radius 1 is 0.507 bits per heavy atom. The van der Waals surface area contributed by atoms with Gasteiger partial charge in [-0.3, -0.25) is 9.13 Å². The summed E-state index contributed by atoms with van der Waals surface area (Å²) in [5, 5.41) is 3.56. The quantitative estimate of drug-likeness (QED) is 0.174. The number of nitrogen functional groups attached to an aromatic ring is 2. The molecule has 6 aliphatic heterocycles. The number of aromatic nitrogens is 12. The van der Waals surface area contributed by atoms with Gasteiger partial charge in [-0.25, -0.2) is 49.8 Å². The van der Waals surface area contributed by atoms with Crippen LogP contribution in [0.4, 0.5) is 29.5 Å². The van der Waals surface area contributed by atoms with Crippen molar-refractivity contribution in [3.05, 3.63) is 30.1 Å². The molecule has 0 saturated carbocycles. The molecular weight excluding hydrogens is 912 g/mol. The highest BCUT2D eigenvalue weighted by Crippen LogP contribution is 2.34. The number of fused-ring (bicyclic) bond motifs is 2. The van der Waals surface area contributed by atoms with Gasteiger partial charge in [-0.15, -0.1) is 0 Å². The van der Waals surface area contributed by atoms with Crippen molar-refractivity contribution < 1.29 is 28.4 Å². The van der Waals surface area contributed by atoms with E-state index in [9.17, 15) is 0 Å². The first-order chi connectivity index (χ1) is 33.9. The zero-order chi connectivity index (χ0) is 46.9. The number of ether oxygens (including phenoxy) is 6. The molecule has 24 nitrogen and oxygen atoms in total. The highest BCUT2D eigenvalue weighted by molar-refractivity contribution is 6.29. The van der Waals surface area contributed by atoms with E-state index in [0.29, 0.717) is 91.7 Å². The molecule has 368 valence electrons. The van der Waals surface area contributed by atoms with Crippen LogP contribution < -0.4 is 31.5 Å². The monoisotopic (exact) mass is 970 g/mol. The van der Waals surface area contributed by atoms with Crippen molar-refractivity contribution in [2.75, 3.05) is 158 Å². The summed E-state index contributed by atoms with van der Waals surface area (Å²) in [6, 6.07) is 0. The lowest BCUT2D eigenvalue weighted by molar-refractivity contribution is 0.109. The van der Waals surface area contributed by atoms with E-state index in [1.54, 1.807) is 24.8 Å². The molecule has 6 fully saturated rings. The molecule has 2 atom stereocenters. The summed E-state index contributed by atoms with van der Waals surface area (Å²) in [7, 11) is 0. The molecule has 6 saturated heterocycles. The summed E-state index contributed by atoms with van der Waals surface area (Å²) in [6.07, 6.45) is 8.61. The lowest BCUT2D eigenvalue weighted by Crippen LogP contribution is -2.38. The largest absolute Gasteiger partial charge is 0.381 e. The highest BCUT2D eigenvalue weighted by Gasteiger charge is 2.30. The number of hydrogen-bond acceptors (Lipinski definition) is 22. The van der Waals surface area contributed by atoms with Gasteiger partial charge >= 0.3 is 0 Å². The number of nitrogens with two attached hydrogens (primary N) is 2. The van der Waals surface area contributed by atoms with Crippen LogP contribution in [0, 0.1) is 11.8 Å². The zero-order valence-corrected chi connectivity index (χ0v) is 39.4. The number of nitrogens with zero attached hydrogens (tertiary/aromatic N) is 15. The van der Waals surface area contributed by atoms with E-state index in [4.69, 9.17) is 76.4 Å². The van der Waals surface area contributed by atoms with Crippen molar-refractivity contribution in [3.8, 4) is 22.8 Å². The molecule has 6 aromatic rings. The summed E-state index contributed by atoms with van der Waals surface area (Å²) < 4.78 is 37.1.